The number of rotatable bonds is 6. The van der Waals surface area contributed by atoms with Crippen LogP contribution >= 0.6 is 0 Å². The third-order valence-corrected chi connectivity index (χ3v) is 4.13. The Morgan fingerprint density at radius 3 is 2.28 bits per heavy atom. The second kappa shape index (κ2) is 8.98. The minimum absolute atomic E-state index is 0.0507. The van der Waals surface area contributed by atoms with Gasteiger partial charge in [-0.1, -0.05) is 30.3 Å². The molecule has 1 aromatic rings. The number of likely N-dealkylation sites (tertiary alicyclic amines) is 1. The van der Waals surface area contributed by atoms with E-state index < -0.39 is 49.9 Å². The number of piperidine rings is 1. The number of aliphatic hydroxyl groups is 2. The molecule has 2 N–H and O–H groups in total. The molecule has 2 unspecified atom stereocenters. The topological polar surface area (TPSA) is 70.0 Å². The summed E-state index contributed by atoms with van der Waals surface area (Å²) < 4.78 is 41.1. The van der Waals surface area contributed by atoms with Gasteiger partial charge in [0, 0.05) is 6.42 Å². The quantitative estimate of drug-likeness (QED) is 0.764. The molecular weight excluding hydrogens is 339 g/mol. The van der Waals surface area contributed by atoms with Crippen LogP contribution in [0.1, 0.15) is 30.7 Å². The van der Waals surface area contributed by atoms with Crippen molar-refractivity contribution >= 4 is 5.97 Å². The van der Waals surface area contributed by atoms with Crippen LogP contribution in [-0.2, 0) is 9.53 Å². The summed E-state index contributed by atoms with van der Waals surface area (Å²) in [5, 5.41) is 20.4. The summed E-state index contributed by atoms with van der Waals surface area (Å²) in [7, 11) is 0. The molecule has 5 nitrogen and oxygen atoms in total. The molecule has 2 atom stereocenters. The van der Waals surface area contributed by atoms with Crippen LogP contribution in [0.25, 0.3) is 0 Å². The molecule has 0 aromatic heterocycles. The Hall–Kier alpha value is -1.90. The van der Waals surface area contributed by atoms with Gasteiger partial charge in [-0.05, 0) is 24.3 Å². The zero-order chi connectivity index (χ0) is 18.4. The van der Waals surface area contributed by atoms with E-state index in [1.165, 1.54) is 4.90 Å². The van der Waals surface area contributed by atoms with E-state index in [-0.39, 0.29) is 5.92 Å². The molecule has 1 aromatic carbocycles. The molecule has 138 valence electrons. The molecule has 2 rings (SSSR count). The molecule has 0 radical (unpaired) electrons. The number of halogens is 3. The Labute approximate surface area is 143 Å². The number of aliphatic hydroxyl groups excluding tert-OH is 2. The van der Waals surface area contributed by atoms with Gasteiger partial charge in [-0.15, -0.1) is 0 Å². The fraction of sp³-hybridized carbons (Fsp3) is 0.471. The average Bonchev–Trinajstić information content (AvgIpc) is 2.58. The second-order valence-electron chi connectivity index (χ2n) is 5.85. The summed E-state index contributed by atoms with van der Waals surface area (Å²) in [5.41, 5.74) is 0.985. The summed E-state index contributed by atoms with van der Waals surface area (Å²) in [4.78, 5) is 12.9. The molecular formula is C17H20F3NO4. The SMILES string of the molecule is O=C(CN1C(O)CC(c2ccccc2)CC1O)OCCC(F)=C(F)F. The van der Waals surface area contributed by atoms with E-state index in [0.717, 1.165) is 5.56 Å². The van der Waals surface area contributed by atoms with Gasteiger partial charge in [0.2, 0.25) is 0 Å². The summed E-state index contributed by atoms with van der Waals surface area (Å²) in [5.74, 6) is -2.51. The van der Waals surface area contributed by atoms with E-state index in [1.54, 1.807) is 0 Å². The fourth-order valence-corrected chi connectivity index (χ4v) is 2.83. The van der Waals surface area contributed by atoms with Gasteiger partial charge < -0.3 is 14.9 Å². The molecule has 0 saturated carbocycles. The molecule has 0 bridgehead atoms. The van der Waals surface area contributed by atoms with Gasteiger partial charge >= 0.3 is 12.0 Å². The summed E-state index contributed by atoms with van der Waals surface area (Å²) >= 11 is 0. The number of esters is 1. The smallest absolute Gasteiger partial charge is 0.320 e. The first-order valence-corrected chi connectivity index (χ1v) is 7.90. The molecule has 0 aliphatic carbocycles. The normalized spacial score (nSPS) is 24.0. The number of carbonyl (C=O) groups is 1. The summed E-state index contributed by atoms with van der Waals surface area (Å²) in [6.45, 7) is -0.942. The lowest BCUT2D eigenvalue weighted by Gasteiger charge is -2.39. The third-order valence-electron chi connectivity index (χ3n) is 4.13. The molecule has 0 spiro atoms. The van der Waals surface area contributed by atoms with Crippen LogP contribution in [0.3, 0.4) is 0 Å². The Kier molecular flexibility index (Phi) is 6.98. The van der Waals surface area contributed by atoms with Gasteiger partial charge in [0.15, 0.2) is 5.83 Å². The van der Waals surface area contributed by atoms with Gasteiger partial charge in [0.1, 0.15) is 19.0 Å². The average molecular weight is 359 g/mol. The first-order chi connectivity index (χ1) is 11.9. The predicted octanol–water partition coefficient (Wildman–Crippen LogP) is 2.51. The maximum Gasteiger partial charge on any atom is 0.320 e. The number of nitrogens with zero attached hydrogens (tertiary/aromatic N) is 1. The molecule has 8 heteroatoms. The molecule has 0 amide bonds. The molecule has 25 heavy (non-hydrogen) atoms. The fourth-order valence-electron chi connectivity index (χ4n) is 2.83. The highest BCUT2D eigenvalue weighted by Gasteiger charge is 2.35. The molecule has 1 saturated heterocycles. The Balaban J connectivity index is 1.84. The third kappa shape index (κ3) is 5.55. The van der Waals surface area contributed by atoms with Gasteiger partial charge in [-0.2, -0.15) is 8.78 Å². The van der Waals surface area contributed by atoms with Gasteiger partial charge in [0.05, 0.1) is 6.61 Å². The highest BCUT2D eigenvalue weighted by atomic mass is 19.3. The van der Waals surface area contributed by atoms with Crippen molar-refractivity contribution in [2.45, 2.75) is 37.6 Å². The minimum Gasteiger partial charge on any atom is -0.464 e. The molecule has 1 fully saturated rings. The van der Waals surface area contributed by atoms with Crippen LogP contribution < -0.4 is 0 Å². The van der Waals surface area contributed by atoms with Crippen LogP contribution in [0.2, 0.25) is 0 Å². The molecule has 1 aliphatic rings. The second-order valence-corrected chi connectivity index (χ2v) is 5.85. The summed E-state index contributed by atoms with van der Waals surface area (Å²) in [6, 6.07) is 9.41. The zero-order valence-corrected chi connectivity index (χ0v) is 13.4. The van der Waals surface area contributed by atoms with E-state index in [4.69, 9.17) is 0 Å². The number of benzene rings is 1. The standard InChI is InChI=1S/C17H20F3NO4/c18-13(17(19)20)6-7-25-16(24)10-21-14(22)8-12(9-15(21)23)11-4-2-1-3-5-11/h1-5,12,14-15,22-23H,6-10H2. The van der Waals surface area contributed by atoms with Gasteiger partial charge in [-0.25, -0.2) is 9.29 Å². The van der Waals surface area contributed by atoms with Crippen LogP contribution in [0.5, 0.6) is 0 Å². The maximum absolute atomic E-state index is 12.6. The number of hydrogen-bond acceptors (Lipinski definition) is 5. The van der Waals surface area contributed by atoms with Crippen molar-refractivity contribution in [3.8, 4) is 0 Å². The Morgan fingerprint density at radius 2 is 1.72 bits per heavy atom. The maximum atomic E-state index is 12.6. The van der Waals surface area contributed by atoms with Crippen LogP contribution in [0.4, 0.5) is 13.2 Å². The van der Waals surface area contributed by atoms with Gasteiger partial charge in [0.25, 0.3) is 0 Å². The molecule has 1 aliphatic heterocycles. The van der Waals surface area contributed by atoms with Crippen molar-refractivity contribution in [3.05, 3.63) is 47.8 Å². The van der Waals surface area contributed by atoms with E-state index in [9.17, 15) is 28.2 Å². The number of hydrogen-bond donors (Lipinski definition) is 2. The predicted molar refractivity (Wildman–Crippen MR) is 83.1 cm³/mol. The van der Waals surface area contributed by atoms with Crippen LogP contribution in [0.15, 0.2) is 42.2 Å². The minimum atomic E-state index is -2.44. The Morgan fingerprint density at radius 1 is 1.12 bits per heavy atom. The zero-order valence-electron chi connectivity index (χ0n) is 13.4. The largest absolute Gasteiger partial charge is 0.464 e. The van der Waals surface area contributed by atoms with Crippen molar-refractivity contribution in [1.29, 1.82) is 0 Å². The van der Waals surface area contributed by atoms with Crippen molar-refractivity contribution in [1.82, 2.24) is 4.90 Å². The van der Waals surface area contributed by atoms with Crippen molar-refractivity contribution in [2.24, 2.45) is 0 Å². The van der Waals surface area contributed by atoms with Crippen LogP contribution in [-0.4, -0.2) is 46.7 Å². The monoisotopic (exact) mass is 359 g/mol. The summed E-state index contributed by atoms with van der Waals surface area (Å²) in [6.07, 6.45) is -4.60. The molecule has 1 heterocycles. The van der Waals surface area contributed by atoms with Gasteiger partial charge in [-0.3, -0.25) is 4.79 Å². The van der Waals surface area contributed by atoms with Crippen molar-refractivity contribution in [2.75, 3.05) is 13.2 Å². The van der Waals surface area contributed by atoms with E-state index in [2.05, 4.69) is 4.74 Å². The highest BCUT2D eigenvalue weighted by Crippen LogP contribution is 2.33. The van der Waals surface area contributed by atoms with E-state index in [0.29, 0.717) is 12.8 Å². The van der Waals surface area contributed by atoms with Crippen molar-refractivity contribution < 1.29 is 32.9 Å². The van der Waals surface area contributed by atoms with E-state index in [1.807, 2.05) is 30.3 Å². The highest BCUT2D eigenvalue weighted by molar-refractivity contribution is 5.71. The first kappa shape index (κ1) is 19.4. The number of carbonyl (C=O) groups excluding carboxylic acids is 1. The lowest BCUT2D eigenvalue weighted by molar-refractivity contribution is -0.166. The lowest BCUT2D eigenvalue weighted by atomic mass is 9.87. The number of ether oxygens (including phenoxy) is 1. The van der Waals surface area contributed by atoms with Crippen LogP contribution in [0, 0.1) is 0 Å². The Bertz CT molecular complexity index is 595. The van der Waals surface area contributed by atoms with Crippen molar-refractivity contribution in [3.63, 3.8) is 0 Å². The lowest BCUT2D eigenvalue weighted by Crippen LogP contribution is -2.51. The van der Waals surface area contributed by atoms with E-state index >= 15 is 0 Å². The first-order valence-electron chi connectivity index (χ1n) is 7.90.